The molecule has 0 aromatic heterocycles. The second kappa shape index (κ2) is 6.32. The molecule has 0 aliphatic carbocycles. The van der Waals surface area contributed by atoms with Gasteiger partial charge in [0.25, 0.3) is 11.6 Å². The smallest absolute Gasteiger partial charge is 0.282 e. The first-order chi connectivity index (χ1) is 9.54. The molecule has 6 nitrogen and oxygen atoms in total. The molecule has 108 valence electrons. The van der Waals surface area contributed by atoms with E-state index in [0.717, 1.165) is 0 Å². The Morgan fingerprint density at radius 3 is 2.90 bits per heavy atom. The van der Waals surface area contributed by atoms with Gasteiger partial charge in [0.05, 0.1) is 23.7 Å². The molecule has 2 rings (SSSR count). The molecular formula is C13H15BrN2O4. The number of para-hydroxylation sites is 1. The van der Waals surface area contributed by atoms with Crippen molar-refractivity contribution in [3.8, 4) is 0 Å². The van der Waals surface area contributed by atoms with E-state index in [-0.39, 0.29) is 29.3 Å². The number of morpholine rings is 1. The minimum atomic E-state index is -0.527. The lowest BCUT2D eigenvalue weighted by Gasteiger charge is -2.37. The lowest BCUT2D eigenvalue weighted by molar-refractivity contribution is -0.385. The van der Waals surface area contributed by atoms with Crippen molar-refractivity contribution in [2.75, 3.05) is 18.5 Å². The standard InChI is InChI=1S/C13H15BrN2O4/c1-9-8-20-10(6-14)7-15(9)13(17)11-4-2-3-5-12(11)16(18)19/h2-5,9-10H,6-8H2,1H3. The van der Waals surface area contributed by atoms with E-state index < -0.39 is 4.92 Å². The molecule has 1 saturated heterocycles. The molecular weight excluding hydrogens is 328 g/mol. The molecule has 1 aliphatic rings. The van der Waals surface area contributed by atoms with Crippen LogP contribution in [0.5, 0.6) is 0 Å². The van der Waals surface area contributed by atoms with Crippen LogP contribution in [0.2, 0.25) is 0 Å². The van der Waals surface area contributed by atoms with Gasteiger partial charge in [0.1, 0.15) is 5.56 Å². The minimum Gasteiger partial charge on any atom is -0.373 e. The fraction of sp³-hybridized carbons (Fsp3) is 0.462. The highest BCUT2D eigenvalue weighted by molar-refractivity contribution is 9.09. The highest BCUT2D eigenvalue weighted by atomic mass is 79.9. The topological polar surface area (TPSA) is 72.7 Å². The normalized spacial score (nSPS) is 22.6. The lowest BCUT2D eigenvalue weighted by Crippen LogP contribution is -2.51. The molecule has 1 aliphatic heterocycles. The summed E-state index contributed by atoms with van der Waals surface area (Å²) in [6.07, 6.45) is -0.0853. The number of hydrogen-bond acceptors (Lipinski definition) is 4. The quantitative estimate of drug-likeness (QED) is 0.479. The van der Waals surface area contributed by atoms with Gasteiger partial charge in [-0.15, -0.1) is 0 Å². The van der Waals surface area contributed by atoms with Crippen molar-refractivity contribution in [2.24, 2.45) is 0 Å². The van der Waals surface area contributed by atoms with Gasteiger partial charge in [-0.2, -0.15) is 0 Å². The molecule has 0 bridgehead atoms. The van der Waals surface area contributed by atoms with Gasteiger partial charge in [-0.05, 0) is 13.0 Å². The Morgan fingerprint density at radius 2 is 2.25 bits per heavy atom. The molecule has 7 heteroatoms. The molecule has 0 saturated carbocycles. The highest BCUT2D eigenvalue weighted by Crippen LogP contribution is 2.23. The largest absolute Gasteiger partial charge is 0.373 e. The summed E-state index contributed by atoms with van der Waals surface area (Å²) in [7, 11) is 0. The average Bonchev–Trinajstić information content (AvgIpc) is 2.47. The first-order valence-electron chi connectivity index (χ1n) is 6.26. The third-order valence-electron chi connectivity index (χ3n) is 3.27. The molecule has 2 unspecified atom stereocenters. The van der Waals surface area contributed by atoms with Crippen LogP contribution in [-0.2, 0) is 4.74 Å². The van der Waals surface area contributed by atoms with E-state index in [4.69, 9.17) is 4.74 Å². The van der Waals surface area contributed by atoms with Crippen LogP contribution in [0.1, 0.15) is 17.3 Å². The Balaban J connectivity index is 2.28. The molecule has 1 amide bonds. The summed E-state index contributed by atoms with van der Waals surface area (Å²) in [5.74, 6) is -0.320. The predicted octanol–water partition coefficient (Wildman–Crippen LogP) is 2.22. The second-order valence-electron chi connectivity index (χ2n) is 4.69. The van der Waals surface area contributed by atoms with E-state index >= 15 is 0 Å². The Bertz CT molecular complexity index is 523. The zero-order chi connectivity index (χ0) is 14.7. The average molecular weight is 343 g/mol. The van der Waals surface area contributed by atoms with Gasteiger partial charge in [-0.25, -0.2) is 0 Å². The summed E-state index contributed by atoms with van der Waals surface area (Å²) in [6.45, 7) is 2.73. The van der Waals surface area contributed by atoms with Crippen molar-refractivity contribution in [3.05, 3.63) is 39.9 Å². The fourth-order valence-electron chi connectivity index (χ4n) is 2.16. The monoisotopic (exact) mass is 342 g/mol. The number of hydrogen-bond donors (Lipinski definition) is 0. The van der Waals surface area contributed by atoms with Crippen LogP contribution in [-0.4, -0.2) is 46.4 Å². The molecule has 0 radical (unpaired) electrons. The number of halogens is 1. The first kappa shape index (κ1) is 14.9. The van der Waals surface area contributed by atoms with Gasteiger partial charge < -0.3 is 9.64 Å². The number of nitro benzene ring substituents is 1. The Hall–Kier alpha value is -1.47. The molecule has 1 aromatic carbocycles. The number of nitrogens with zero attached hydrogens (tertiary/aromatic N) is 2. The zero-order valence-electron chi connectivity index (χ0n) is 11.0. The molecule has 0 N–H and O–H groups in total. The Morgan fingerprint density at radius 1 is 1.55 bits per heavy atom. The van der Waals surface area contributed by atoms with Crippen molar-refractivity contribution >= 4 is 27.5 Å². The van der Waals surface area contributed by atoms with Crippen molar-refractivity contribution < 1.29 is 14.5 Å². The van der Waals surface area contributed by atoms with Crippen LogP contribution < -0.4 is 0 Å². The van der Waals surface area contributed by atoms with Crippen LogP contribution in [0.25, 0.3) is 0 Å². The second-order valence-corrected chi connectivity index (χ2v) is 5.34. The maximum Gasteiger partial charge on any atom is 0.282 e. The summed E-state index contributed by atoms with van der Waals surface area (Å²) in [5.41, 5.74) is -0.0360. The third-order valence-corrected chi connectivity index (χ3v) is 3.99. The fourth-order valence-corrected chi connectivity index (χ4v) is 2.55. The molecule has 0 spiro atoms. The Labute approximate surface area is 125 Å². The van der Waals surface area contributed by atoms with E-state index in [1.165, 1.54) is 12.1 Å². The van der Waals surface area contributed by atoms with Crippen LogP contribution in [0.15, 0.2) is 24.3 Å². The molecule has 2 atom stereocenters. The maximum absolute atomic E-state index is 12.5. The molecule has 1 aromatic rings. The van der Waals surface area contributed by atoms with Crippen molar-refractivity contribution in [1.29, 1.82) is 0 Å². The van der Waals surface area contributed by atoms with Gasteiger partial charge >= 0.3 is 0 Å². The number of nitro groups is 1. The first-order valence-corrected chi connectivity index (χ1v) is 7.38. The van der Waals surface area contributed by atoms with Crippen LogP contribution in [0, 0.1) is 10.1 Å². The zero-order valence-corrected chi connectivity index (χ0v) is 12.6. The summed E-state index contributed by atoms with van der Waals surface area (Å²) in [5, 5.41) is 11.6. The van der Waals surface area contributed by atoms with Crippen LogP contribution in [0.3, 0.4) is 0 Å². The lowest BCUT2D eigenvalue weighted by atomic mass is 10.1. The van der Waals surface area contributed by atoms with Crippen LogP contribution in [0.4, 0.5) is 5.69 Å². The number of carbonyl (C=O) groups is 1. The van der Waals surface area contributed by atoms with Crippen molar-refractivity contribution in [1.82, 2.24) is 4.90 Å². The number of carbonyl (C=O) groups excluding carboxylic acids is 1. The maximum atomic E-state index is 12.5. The third kappa shape index (κ3) is 2.99. The van der Waals surface area contributed by atoms with E-state index in [2.05, 4.69) is 15.9 Å². The summed E-state index contributed by atoms with van der Waals surface area (Å²) in [4.78, 5) is 24.7. The summed E-state index contributed by atoms with van der Waals surface area (Å²) < 4.78 is 5.56. The van der Waals surface area contributed by atoms with Gasteiger partial charge in [0.15, 0.2) is 0 Å². The molecule has 1 heterocycles. The molecule has 1 fully saturated rings. The summed E-state index contributed by atoms with van der Waals surface area (Å²) >= 11 is 3.33. The van der Waals surface area contributed by atoms with E-state index in [1.807, 2.05) is 6.92 Å². The van der Waals surface area contributed by atoms with Crippen molar-refractivity contribution in [2.45, 2.75) is 19.1 Å². The SMILES string of the molecule is CC1COC(CBr)CN1C(=O)c1ccccc1[N+](=O)[O-]. The molecule has 20 heavy (non-hydrogen) atoms. The Kier molecular flexibility index (Phi) is 4.72. The van der Waals surface area contributed by atoms with Crippen LogP contribution >= 0.6 is 15.9 Å². The van der Waals surface area contributed by atoms with Gasteiger partial charge in [-0.3, -0.25) is 14.9 Å². The van der Waals surface area contributed by atoms with E-state index in [1.54, 1.807) is 17.0 Å². The minimum absolute atomic E-state index is 0.0853. The number of benzene rings is 1. The van der Waals surface area contributed by atoms with E-state index in [9.17, 15) is 14.9 Å². The van der Waals surface area contributed by atoms with E-state index in [0.29, 0.717) is 18.5 Å². The summed E-state index contributed by atoms with van der Waals surface area (Å²) in [6, 6.07) is 5.93. The van der Waals surface area contributed by atoms with Gasteiger partial charge in [0.2, 0.25) is 0 Å². The van der Waals surface area contributed by atoms with Gasteiger partial charge in [-0.1, -0.05) is 28.1 Å². The number of alkyl halides is 1. The van der Waals surface area contributed by atoms with Crippen molar-refractivity contribution in [3.63, 3.8) is 0 Å². The van der Waals surface area contributed by atoms with Gasteiger partial charge in [0, 0.05) is 17.9 Å². The number of rotatable bonds is 3. The number of amides is 1. The predicted molar refractivity (Wildman–Crippen MR) is 77.1 cm³/mol. The number of ether oxygens (including phenoxy) is 1. The highest BCUT2D eigenvalue weighted by Gasteiger charge is 2.32.